The number of fused-ring (bicyclic) bond motifs is 1. The lowest BCUT2D eigenvalue weighted by Crippen LogP contribution is -2.49. The molecule has 51 heavy (non-hydrogen) atoms. The second kappa shape index (κ2) is 14.8. The van der Waals surface area contributed by atoms with Crippen LogP contribution in [0.2, 0.25) is 36.3 Å². The van der Waals surface area contributed by atoms with Gasteiger partial charge in [0, 0.05) is 6.42 Å². The van der Waals surface area contributed by atoms with Crippen molar-refractivity contribution in [2.45, 2.75) is 187 Å². The van der Waals surface area contributed by atoms with Gasteiger partial charge in [-0.25, -0.2) is 0 Å². The van der Waals surface area contributed by atoms with Crippen LogP contribution in [0.5, 0.6) is 0 Å². The molecule has 8 atom stereocenters. The van der Waals surface area contributed by atoms with Crippen molar-refractivity contribution < 1.29 is 18.7 Å². The van der Waals surface area contributed by atoms with Crippen molar-refractivity contribution in [1.82, 2.24) is 0 Å². The molecule has 0 aromatic heterocycles. The molecule has 0 bridgehead atoms. The third kappa shape index (κ3) is 8.38. The van der Waals surface area contributed by atoms with Crippen molar-refractivity contribution in [2.24, 2.45) is 33.6 Å². The summed E-state index contributed by atoms with van der Waals surface area (Å²) in [5.41, 5.74) is 4.09. The number of aliphatic hydroxyl groups excluding tert-OH is 1. The maximum atomic E-state index is 11.4. The van der Waals surface area contributed by atoms with Crippen LogP contribution in [0.25, 0.3) is 0 Å². The van der Waals surface area contributed by atoms with E-state index in [9.17, 15) is 5.11 Å². The first kappa shape index (κ1) is 40.9. The molecule has 0 aromatic carbocycles. The summed E-state index contributed by atoms with van der Waals surface area (Å²) >= 11 is 0. The van der Waals surface area contributed by atoms with Gasteiger partial charge in [0.15, 0.2) is 22.5 Å². The fourth-order valence-electron chi connectivity index (χ4n) is 9.18. The molecule has 288 valence electrons. The Labute approximate surface area is 315 Å². The highest BCUT2D eigenvalue weighted by molar-refractivity contribution is 6.74. The first-order valence-electron chi connectivity index (χ1n) is 20.6. The van der Waals surface area contributed by atoms with Crippen LogP contribution in [0.3, 0.4) is 0 Å². The molecule has 5 nitrogen and oxygen atoms in total. The van der Waals surface area contributed by atoms with Crippen molar-refractivity contribution in [3.05, 3.63) is 47.6 Å². The standard InChI is InChI=1S/C44H75NO4Si2/c1-15-34-29-45-40(47-34)44(25-26-44)39(46)23-18-30(2)36-21-22-37-32(17-16-24-43(36,37)10)19-20-33-27-35(48-50(11,12)41(4,5)6)28-38(31(33)3)49-51(13,14)42(7,8)9/h18-20,23,30,34-39,46H,3,15-17,21-22,24-29H2,1-2,4-14H3/t30-,34?,35?,36-,37+,38?,39?,43-/m1/s1. The van der Waals surface area contributed by atoms with Crippen LogP contribution in [-0.2, 0) is 13.6 Å². The van der Waals surface area contributed by atoms with Crippen LogP contribution in [-0.4, -0.2) is 58.6 Å². The van der Waals surface area contributed by atoms with Gasteiger partial charge in [0.25, 0.3) is 0 Å². The number of ether oxygens (including phenoxy) is 1. The molecular formula is C44H75NO4Si2. The lowest BCUT2D eigenvalue weighted by atomic mass is 9.61. The zero-order valence-corrected chi connectivity index (χ0v) is 37.0. The van der Waals surface area contributed by atoms with Crippen LogP contribution in [0, 0.1) is 28.6 Å². The first-order valence-corrected chi connectivity index (χ1v) is 26.4. The highest BCUT2D eigenvalue weighted by Gasteiger charge is 2.56. The number of rotatable bonds is 11. The monoisotopic (exact) mass is 738 g/mol. The fourth-order valence-corrected chi connectivity index (χ4v) is 11.9. The topological polar surface area (TPSA) is 60.3 Å². The minimum Gasteiger partial charge on any atom is -0.475 e. The number of nitrogens with zero attached hydrogens (tertiary/aromatic N) is 1. The van der Waals surface area contributed by atoms with E-state index in [1.165, 1.54) is 43.3 Å². The lowest BCUT2D eigenvalue weighted by Gasteiger charge is -2.45. The number of allylic oxidation sites excluding steroid dienone is 4. The third-order valence-electron chi connectivity index (χ3n) is 15.0. The van der Waals surface area contributed by atoms with Crippen LogP contribution >= 0.6 is 0 Å². The molecule has 5 aliphatic rings. The van der Waals surface area contributed by atoms with Crippen molar-refractivity contribution in [3.8, 4) is 0 Å². The van der Waals surface area contributed by atoms with Gasteiger partial charge in [0.05, 0.1) is 30.3 Å². The SMILES string of the molecule is C=C1C(=CC=C2CCC[C@]3(C)[C@@H]([C@H](C)C=CC(O)C4(C5=NCC(CC)O5)CC4)CC[C@@H]23)CC(O[Si](C)(C)C(C)(C)C)CC1O[Si](C)(C)C(C)(C)C. The van der Waals surface area contributed by atoms with Crippen molar-refractivity contribution in [3.63, 3.8) is 0 Å². The largest absolute Gasteiger partial charge is 0.475 e. The Morgan fingerprint density at radius 1 is 0.980 bits per heavy atom. The molecule has 0 spiro atoms. The van der Waals surface area contributed by atoms with Crippen LogP contribution in [0.1, 0.15) is 127 Å². The smallest absolute Gasteiger partial charge is 0.193 e. The number of aliphatic imine (C=N–C) groups is 1. The van der Waals surface area contributed by atoms with E-state index in [1.54, 1.807) is 5.57 Å². The Hall–Kier alpha value is -1.26. The Morgan fingerprint density at radius 3 is 2.22 bits per heavy atom. The zero-order valence-electron chi connectivity index (χ0n) is 35.0. The first-order chi connectivity index (χ1) is 23.5. The summed E-state index contributed by atoms with van der Waals surface area (Å²) in [6, 6.07) is 0. The Bertz CT molecular complexity index is 1410. The summed E-state index contributed by atoms with van der Waals surface area (Å²) in [4.78, 5) is 4.71. The van der Waals surface area contributed by atoms with Gasteiger partial charge in [-0.05, 0) is 128 Å². The zero-order chi connectivity index (χ0) is 37.8. The average molecular weight is 738 g/mol. The Balaban J connectivity index is 1.33. The van der Waals surface area contributed by atoms with E-state index in [-0.39, 0.29) is 39.2 Å². The molecule has 0 amide bonds. The average Bonchev–Trinajstić information content (AvgIpc) is 3.54. The van der Waals surface area contributed by atoms with Crippen molar-refractivity contribution in [1.29, 1.82) is 0 Å². The van der Waals surface area contributed by atoms with Gasteiger partial charge in [-0.2, -0.15) is 0 Å². The van der Waals surface area contributed by atoms with E-state index in [0.717, 1.165) is 44.5 Å². The number of hydrogen-bond acceptors (Lipinski definition) is 5. The molecule has 1 N–H and O–H groups in total. The predicted octanol–water partition coefficient (Wildman–Crippen LogP) is 11.7. The molecule has 1 aliphatic heterocycles. The molecule has 0 radical (unpaired) electrons. The molecule has 0 aromatic rings. The van der Waals surface area contributed by atoms with Crippen molar-refractivity contribution in [2.75, 3.05) is 6.54 Å². The highest BCUT2D eigenvalue weighted by atomic mass is 28.4. The normalized spacial score (nSPS) is 34.5. The van der Waals surface area contributed by atoms with E-state index in [0.29, 0.717) is 17.8 Å². The van der Waals surface area contributed by atoms with Gasteiger partial charge < -0.3 is 18.7 Å². The highest BCUT2D eigenvalue weighted by Crippen LogP contribution is 2.60. The van der Waals surface area contributed by atoms with E-state index in [1.807, 2.05) is 0 Å². The second-order valence-electron chi connectivity index (χ2n) is 20.5. The maximum absolute atomic E-state index is 11.4. The number of hydrogen-bond donors (Lipinski definition) is 1. The Morgan fingerprint density at radius 2 is 1.63 bits per heavy atom. The molecule has 4 saturated carbocycles. The van der Waals surface area contributed by atoms with Gasteiger partial charge in [0.2, 0.25) is 0 Å². The van der Waals surface area contributed by atoms with Gasteiger partial charge in [0.1, 0.15) is 6.10 Å². The Kier molecular flexibility index (Phi) is 11.8. The fraction of sp³-hybridized carbons (Fsp3) is 0.795. The summed E-state index contributed by atoms with van der Waals surface area (Å²) < 4.78 is 20.4. The summed E-state index contributed by atoms with van der Waals surface area (Å²) in [5, 5.41) is 11.7. The molecule has 4 unspecified atom stereocenters. The van der Waals surface area contributed by atoms with Crippen LogP contribution in [0.4, 0.5) is 0 Å². The minimum atomic E-state index is -2.00. The summed E-state index contributed by atoms with van der Waals surface area (Å²) in [6.07, 6.45) is 20.1. The second-order valence-corrected chi connectivity index (χ2v) is 30.0. The van der Waals surface area contributed by atoms with E-state index in [2.05, 4.69) is 113 Å². The van der Waals surface area contributed by atoms with Gasteiger partial charge in [-0.15, -0.1) is 0 Å². The summed E-state index contributed by atoms with van der Waals surface area (Å²) in [6.45, 7) is 36.0. The number of aliphatic hydroxyl groups is 1. The summed E-state index contributed by atoms with van der Waals surface area (Å²) in [7, 11) is -3.96. The molecule has 7 heteroatoms. The van der Waals surface area contributed by atoms with E-state index >= 15 is 0 Å². The quantitative estimate of drug-likeness (QED) is 0.169. The van der Waals surface area contributed by atoms with E-state index in [4.69, 9.17) is 25.2 Å². The third-order valence-corrected chi connectivity index (χ3v) is 24.0. The molecule has 0 saturated heterocycles. The molecule has 4 aliphatic carbocycles. The van der Waals surface area contributed by atoms with Gasteiger partial charge in [-0.1, -0.05) is 98.8 Å². The van der Waals surface area contributed by atoms with Crippen molar-refractivity contribution >= 4 is 22.5 Å². The summed E-state index contributed by atoms with van der Waals surface area (Å²) in [5.74, 6) is 2.43. The molecule has 5 rings (SSSR count). The molecular weight excluding hydrogens is 663 g/mol. The molecule has 4 fully saturated rings. The molecule has 1 heterocycles. The van der Waals surface area contributed by atoms with Gasteiger partial charge in [-0.3, -0.25) is 4.99 Å². The lowest BCUT2D eigenvalue weighted by molar-refractivity contribution is 0.0969. The predicted molar refractivity (Wildman–Crippen MR) is 220 cm³/mol. The van der Waals surface area contributed by atoms with Gasteiger partial charge >= 0.3 is 0 Å². The van der Waals surface area contributed by atoms with Crippen LogP contribution < -0.4 is 0 Å². The minimum absolute atomic E-state index is 0.00434. The maximum Gasteiger partial charge on any atom is 0.193 e. The van der Waals surface area contributed by atoms with E-state index < -0.39 is 22.7 Å². The van der Waals surface area contributed by atoms with Crippen LogP contribution in [0.15, 0.2) is 52.6 Å².